The van der Waals surface area contributed by atoms with Crippen LogP contribution in [0.2, 0.25) is 0 Å². The summed E-state index contributed by atoms with van der Waals surface area (Å²) in [6, 6.07) is 5.96. The van der Waals surface area contributed by atoms with Crippen LogP contribution in [0.1, 0.15) is 37.8 Å². The molecule has 0 bridgehead atoms. The van der Waals surface area contributed by atoms with Gasteiger partial charge >= 0.3 is 0 Å². The van der Waals surface area contributed by atoms with Gasteiger partial charge in [-0.1, -0.05) is 12.1 Å². The largest absolute Gasteiger partial charge is 0.334 e. The van der Waals surface area contributed by atoms with Gasteiger partial charge in [0.05, 0.1) is 12.1 Å². The Kier molecular flexibility index (Phi) is 3.97. The fourth-order valence-electron chi connectivity index (χ4n) is 2.49. The third kappa shape index (κ3) is 2.70. The van der Waals surface area contributed by atoms with E-state index in [9.17, 15) is 9.18 Å². The van der Waals surface area contributed by atoms with Crippen molar-refractivity contribution in [2.45, 2.75) is 38.3 Å². The molecule has 1 amide bonds. The quantitative estimate of drug-likeness (QED) is 0.875. The molecule has 1 saturated heterocycles. The molecule has 1 unspecified atom stereocenters. The van der Waals surface area contributed by atoms with Gasteiger partial charge in [-0.25, -0.2) is 4.39 Å². The molecule has 0 aromatic heterocycles. The Bertz CT molecular complexity index is 416. The molecule has 1 aliphatic heterocycles. The van der Waals surface area contributed by atoms with Crippen LogP contribution in [-0.2, 0) is 4.79 Å². The van der Waals surface area contributed by atoms with E-state index in [1.807, 2.05) is 4.90 Å². The zero-order chi connectivity index (χ0) is 13.1. The predicted octanol–water partition coefficient (Wildman–Crippen LogP) is 2.23. The number of hydrogen-bond acceptors (Lipinski definition) is 2. The van der Waals surface area contributed by atoms with Crippen LogP contribution in [-0.4, -0.2) is 23.4 Å². The van der Waals surface area contributed by atoms with Crippen molar-refractivity contribution in [3.63, 3.8) is 0 Å². The molecule has 0 aliphatic carbocycles. The van der Waals surface area contributed by atoms with Crippen molar-refractivity contribution < 1.29 is 9.18 Å². The second-order valence-electron chi connectivity index (χ2n) is 4.88. The number of amides is 1. The lowest BCUT2D eigenvalue weighted by atomic mass is 9.94. The fraction of sp³-hybridized carbons (Fsp3) is 0.500. The van der Waals surface area contributed by atoms with Gasteiger partial charge in [0, 0.05) is 6.54 Å². The molecule has 2 atom stereocenters. The first-order valence-electron chi connectivity index (χ1n) is 6.41. The smallest absolute Gasteiger partial charge is 0.239 e. The molecule has 0 radical (unpaired) electrons. The molecule has 2 N–H and O–H groups in total. The Labute approximate surface area is 107 Å². The first-order valence-corrected chi connectivity index (χ1v) is 6.41. The highest BCUT2D eigenvalue weighted by Crippen LogP contribution is 2.31. The standard InChI is InChI=1S/C14H19FN2O/c1-10(16)14(18)17-9-3-2-4-13(17)11-5-7-12(15)8-6-11/h5-8,10,13H,2-4,9,16H2,1H3/t10-,13?/m0/s1. The van der Waals surface area contributed by atoms with Crippen molar-refractivity contribution in [2.24, 2.45) is 5.73 Å². The van der Waals surface area contributed by atoms with E-state index in [1.165, 1.54) is 12.1 Å². The Morgan fingerprint density at radius 2 is 2.06 bits per heavy atom. The molecule has 1 aromatic rings. The molecule has 2 rings (SSSR count). The summed E-state index contributed by atoms with van der Waals surface area (Å²) in [6.45, 7) is 2.45. The molecular formula is C14H19FN2O. The Balaban J connectivity index is 2.22. The zero-order valence-electron chi connectivity index (χ0n) is 10.6. The lowest BCUT2D eigenvalue weighted by molar-refractivity contribution is -0.136. The highest BCUT2D eigenvalue weighted by Gasteiger charge is 2.29. The van der Waals surface area contributed by atoms with Gasteiger partial charge in [-0.2, -0.15) is 0 Å². The molecule has 0 saturated carbocycles. The average molecular weight is 250 g/mol. The van der Waals surface area contributed by atoms with E-state index in [0.717, 1.165) is 31.4 Å². The molecule has 1 fully saturated rings. The van der Waals surface area contributed by atoms with Crippen molar-refractivity contribution in [2.75, 3.05) is 6.54 Å². The maximum atomic E-state index is 12.9. The second kappa shape index (κ2) is 5.48. The van der Waals surface area contributed by atoms with Crippen LogP contribution >= 0.6 is 0 Å². The van der Waals surface area contributed by atoms with Gasteiger partial charge in [0.2, 0.25) is 5.91 Å². The minimum absolute atomic E-state index is 0.0241. The van der Waals surface area contributed by atoms with Gasteiger partial charge in [-0.05, 0) is 43.9 Å². The highest BCUT2D eigenvalue weighted by molar-refractivity contribution is 5.81. The minimum Gasteiger partial charge on any atom is -0.334 e. The molecule has 4 heteroatoms. The van der Waals surface area contributed by atoms with Crippen LogP contribution in [0.3, 0.4) is 0 Å². The molecule has 3 nitrogen and oxygen atoms in total. The van der Waals surface area contributed by atoms with E-state index in [4.69, 9.17) is 5.73 Å². The normalized spacial score (nSPS) is 21.7. The van der Waals surface area contributed by atoms with Crippen LogP contribution in [0.5, 0.6) is 0 Å². The van der Waals surface area contributed by atoms with E-state index in [-0.39, 0.29) is 17.8 Å². The van der Waals surface area contributed by atoms with Crippen LogP contribution in [0, 0.1) is 5.82 Å². The number of hydrogen-bond donors (Lipinski definition) is 1. The van der Waals surface area contributed by atoms with Crippen LogP contribution in [0.15, 0.2) is 24.3 Å². The van der Waals surface area contributed by atoms with Crippen molar-refractivity contribution in [3.05, 3.63) is 35.6 Å². The second-order valence-corrected chi connectivity index (χ2v) is 4.88. The van der Waals surface area contributed by atoms with Gasteiger partial charge in [-0.3, -0.25) is 4.79 Å². The van der Waals surface area contributed by atoms with Crippen LogP contribution < -0.4 is 5.73 Å². The predicted molar refractivity (Wildman–Crippen MR) is 68.4 cm³/mol. The number of halogens is 1. The third-order valence-electron chi connectivity index (χ3n) is 3.43. The van der Waals surface area contributed by atoms with Gasteiger partial charge in [-0.15, -0.1) is 0 Å². The molecular weight excluding hydrogens is 231 g/mol. The van der Waals surface area contributed by atoms with Gasteiger partial charge in [0.1, 0.15) is 5.82 Å². The number of nitrogens with zero attached hydrogens (tertiary/aromatic N) is 1. The Morgan fingerprint density at radius 3 is 2.67 bits per heavy atom. The number of likely N-dealkylation sites (tertiary alicyclic amines) is 1. The maximum absolute atomic E-state index is 12.9. The van der Waals surface area contributed by atoms with Gasteiger partial charge in [0.15, 0.2) is 0 Å². The summed E-state index contributed by atoms with van der Waals surface area (Å²) >= 11 is 0. The van der Waals surface area contributed by atoms with Crippen molar-refractivity contribution in [1.82, 2.24) is 4.90 Å². The summed E-state index contributed by atoms with van der Waals surface area (Å²) in [7, 11) is 0. The van der Waals surface area contributed by atoms with Crippen molar-refractivity contribution in [1.29, 1.82) is 0 Å². The maximum Gasteiger partial charge on any atom is 0.239 e. The molecule has 1 aromatic carbocycles. The zero-order valence-corrected chi connectivity index (χ0v) is 10.6. The monoisotopic (exact) mass is 250 g/mol. The summed E-state index contributed by atoms with van der Waals surface area (Å²) in [4.78, 5) is 13.9. The van der Waals surface area contributed by atoms with E-state index < -0.39 is 6.04 Å². The summed E-state index contributed by atoms with van der Waals surface area (Å²) in [5, 5.41) is 0. The van der Waals surface area contributed by atoms with E-state index in [2.05, 4.69) is 0 Å². The van der Waals surface area contributed by atoms with Crippen molar-refractivity contribution >= 4 is 5.91 Å². The van der Waals surface area contributed by atoms with Crippen LogP contribution in [0.25, 0.3) is 0 Å². The highest BCUT2D eigenvalue weighted by atomic mass is 19.1. The summed E-state index contributed by atoms with van der Waals surface area (Å²) < 4.78 is 12.9. The van der Waals surface area contributed by atoms with E-state index in [1.54, 1.807) is 19.1 Å². The Hall–Kier alpha value is -1.42. The number of carbonyl (C=O) groups is 1. The SMILES string of the molecule is C[C@H](N)C(=O)N1CCCCC1c1ccc(F)cc1. The third-order valence-corrected chi connectivity index (χ3v) is 3.43. The topological polar surface area (TPSA) is 46.3 Å². The number of piperidine rings is 1. The van der Waals surface area contributed by atoms with E-state index in [0.29, 0.717) is 0 Å². The van der Waals surface area contributed by atoms with Gasteiger partial charge in [0.25, 0.3) is 0 Å². The fourth-order valence-corrected chi connectivity index (χ4v) is 2.49. The average Bonchev–Trinajstić information content (AvgIpc) is 2.39. The minimum atomic E-state index is -0.481. The van der Waals surface area contributed by atoms with Gasteiger partial charge < -0.3 is 10.6 Å². The van der Waals surface area contributed by atoms with Crippen LogP contribution in [0.4, 0.5) is 4.39 Å². The first-order chi connectivity index (χ1) is 8.59. The lowest BCUT2D eigenvalue weighted by Crippen LogP contribution is -2.46. The Morgan fingerprint density at radius 1 is 1.39 bits per heavy atom. The number of rotatable bonds is 2. The lowest BCUT2D eigenvalue weighted by Gasteiger charge is -2.37. The number of benzene rings is 1. The molecule has 18 heavy (non-hydrogen) atoms. The van der Waals surface area contributed by atoms with E-state index >= 15 is 0 Å². The summed E-state index contributed by atoms with van der Waals surface area (Å²) in [5.74, 6) is -0.274. The number of carbonyl (C=O) groups excluding carboxylic acids is 1. The molecule has 98 valence electrons. The molecule has 1 aliphatic rings. The summed E-state index contributed by atoms with van der Waals surface area (Å²) in [6.07, 6.45) is 3.02. The summed E-state index contributed by atoms with van der Waals surface area (Å²) in [5.41, 5.74) is 6.67. The first kappa shape index (κ1) is 13.0. The molecule has 1 heterocycles. The van der Waals surface area contributed by atoms with Crippen molar-refractivity contribution in [3.8, 4) is 0 Å². The molecule has 0 spiro atoms. The number of nitrogens with two attached hydrogens (primary N) is 1.